The molecule has 1 aromatic carbocycles. The molecule has 1 unspecified atom stereocenters. The van der Waals surface area contributed by atoms with Crippen LogP contribution < -0.4 is 0 Å². The molecule has 0 radical (unpaired) electrons. The third-order valence-corrected chi connectivity index (χ3v) is 4.07. The summed E-state index contributed by atoms with van der Waals surface area (Å²) >= 11 is 0. The van der Waals surface area contributed by atoms with Crippen molar-refractivity contribution in [2.75, 3.05) is 20.3 Å². The van der Waals surface area contributed by atoms with Crippen LogP contribution in [0.2, 0.25) is 0 Å². The molecular formula is C16H22FNO3. The maximum atomic E-state index is 13.9. The molecule has 0 amide bonds. The predicted molar refractivity (Wildman–Crippen MR) is 77.6 cm³/mol. The predicted octanol–water partition coefficient (Wildman–Crippen LogP) is 2.45. The largest absolute Gasteiger partial charge is 0.480 e. The number of halogens is 1. The Morgan fingerprint density at radius 2 is 2.14 bits per heavy atom. The highest BCUT2D eigenvalue weighted by molar-refractivity contribution is 5.73. The Labute approximate surface area is 124 Å². The van der Waals surface area contributed by atoms with Crippen LogP contribution in [0.25, 0.3) is 0 Å². The van der Waals surface area contributed by atoms with Crippen molar-refractivity contribution in [2.24, 2.45) is 5.92 Å². The number of hydrogen-bond acceptors (Lipinski definition) is 3. The van der Waals surface area contributed by atoms with E-state index in [1.165, 1.54) is 6.07 Å². The summed E-state index contributed by atoms with van der Waals surface area (Å²) in [6.45, 7) is 3.32. The molecule has 1 aliphatic heterocycles. The van der Waals surface area contributed by atoms with E-state index in [2.05, 4.69) is 0 Å². The second kappa shape index (κ2) is 7.00. The van der Waals surface area contributed by atoms with Gasteiger partial charge in [-0.1, -0.05) is 12.1 Å². The summed E-state index contributed by atoms with van der Waals surface area (Å²) in [5.74, 6) is -1.08. The van der Waals surface area contributed by atoms with Crippen molar-refractivity contribution in [3.05, 3.63) is 35.1 Å². The normalized spacial score (nSPS) is 17.9. The van der Waals surface area contributed by atoms with Gasteiger partial charge in [-0.2, -0.15) is 0 Å². The van der Waals surface area contributed by atoms with Gasteiger partial charge in [0, 0.05) is 25.3 Å². The first-order valence-corrected chi connectivity index (χ1v) is 7.25. The van der Waals surface area contributed by atoms with Crippen molar-refractivity contribution < 1.29 is 19.0 Å². The average molecular weight is 295 g/mol. The first-order chi connectivity index (χ1) is 9.99. The van der Waals surface area contributed by atoms with Gasteiger partial charge >= 0.3 is 5.97 Å². The van der Waals surface area contributed by atoms with Gasteiger partial charge in [-0.05, 0) is 44.4 Å². The number of benzene rings is 1. The number of aliphatic carboxylic acids is 1. The SMILES string of the molecule is Cc1ccc(CN(C)C(C(=O)O)C2CCOCC2)c(F)c1. The fourth-order valence-corrected chi connectivity index (χ4v) is 2.93. The van der Waals surface area contributed by atoms with Crippen LogP contribution in [0, 0.1) is 18.7 Å². The van der Waals surface area contributed by atoms with Crippen LogP contribution in [-0.4, -0.2) is 42.3 Å². The Bertz CT molecular complexity index is 500. The topological polar surface area (TPSA) is 49.8 Å². The Hall–Kier alpha value is -1.46. The number of hydrogen-bond donors (Lipinski definition) is 1. The third kappa shape index (κ3) is 4.02. The number of ether oxygens (including phenoxy) is 1. The summed E-state index contributed by atoms with van der Waals surface area (Å²) in [4.78, 5) is 13.3. The zero-order valence-electron chi connectivity index (χ0n) is 12.5. The molecule has 1 heterocycles. The molecule has 2 rings (SSSR count). The maximum Gasteiger partial charge on any atom is 0.321 e. The molecule has 1 saturated heterocycles. The van der Waals surface area contributed by atoms with Crippen LogP contribution in [0.5, 0.6) is 0 Å². The molecule has 4 nitrogen and oxygen atoms in total. The molecule has 21 heavy (non-hydrogen) atoms. The molecule has 1 atom stereocenters. The fourth-order valence-electron chi connectivity index (χ4n) is 2.93. The van der Waals surface area contributed by atoms with E-state index in [0.717, 1.165) is 18.4 Å². The van der Waals surface area contributed by atoms with E-state index >= 15 is 0 Å². The van der Waals surface area contributed by atoms with Gasteiger partial charge in [0.2, 0.25) is 0 Å². The minimum absolute atomic E-state index is 0.0507. The molecular weight excluding hydrogens is 273 g/mol. The van der Waals surface area contributed by atoms with Gasteiger partial charge in [-0.15, -0.1) is 0 Å². The van der Waals surface area contributed by atoms with Crippen LogP contribution >= 0.6 is 0 Å². The zero-order chi connectivity index (χ0) is 15.4. The molecule has 116 valence electrons. The first kappa shape index (κ1) is 15.9. The molecule has 1 fully saturated rings. The molecule has 0 saturated carbocycles. The summed E-state index contributed by atoms with van der Waals surface area (Å²) < 4.78 is 19.2. The van der Waals surface area contributed by atoms with E-state index < -0.39 is 12.0 Å². The van der Waals surface area contributed by atoms with Crippen LogP contribution in [0.4, 0.5) is 4.39 Å². The molecule has 1 N–H and O–H groups in total. The van der Waals surface area contributed by atoms with E-state index in [0.29, 0.717) is 25.3 Å². The number of carboxylic acids is 1. The van der Waals surface area contributed by atoms with Crippen molar-refractivity contribution in [3.63, 3.8) is 0 Å². The van der Waals surface area contributed by atoms with Gasteiger partial charge in [-0.3, -0.25) is 9.69 Å². The van der Waals surface area contributed by atoms with E-state index in [1.54, 1.807) is 18.0 Å². The molecule has 0 aromatic heterocycles. The van der Waals surface area contributed by atoms with E-state index in [-0.39, 0.29) is 11.7 Å². The molecule has 0 aliphatic carbocycles. The van der Waals surface area contributed by atoms with Crippen LogP contribution in [0.1, 0.15) is 24.0 Å². The molecule has 0 bridgehead atoms. The van der Waals surface area contributed by atoms with Crippen LogP contribution in [0.3, 0.4) is 0 Å². The summed E-state index contributed by atoms with van der Waals surface area (Å²) in [5.41, 5.74) is 1.39. The van der Waals surface area contributed by atoms with Gasteiger partial charge in [-0.25, -0.2) is 4.39 Å². The minimum Gasteiger partial charge on any atom is -0.480 e. The number of rotatable bonds is 5. The lowest BCUT2D eigenvalue weighted by Gasteiger charge is -2.33. The van der Waals surface area contributed by atoms with Gasteiger partial charge in [0.05, 0.1) is 0 Å². The van der Waals surface area contributed by atoms with Crippen LogP contribution in [-0.2, 0) is 16.1 Å². The van der Waals surface area contributed by atoms with Crippen LogP contribution in [0.15, 0.2) is 18.2 Å². The van der Waals surface area contributed by atoms with Gasteiger partial charge in [0.1, 0.15) is 11.9 Å². The van der Waals surface area contributed by atoms with Crippen molar-refractivity contribution in [3.8, 4) is 0 Å². The Morgan fingerprint density at radius 3 is 2.71 bits per heavy atom. The highest BCUT2D eigenvalue weighted by Gasteiger charge is 2.33. The number of likely N-dealkylation sites (N-methyl/N-ethyl adjacent to an activating group) is 1. The van der Waals surface area contributed by atoms with Gasteiger partial charge in [0.15, 0.2) is 0 Å². The number of carbonyl (C=O) groups is 1. The van der Waals surface area contributed by atoms with Crippen molar-refractivity contribution in [2.45, 2.75) is 32.4 Å². The number of aryl methyl sites for hydroxylation is 1. The highest BCUT2D eigenvalue weighted by Crippen LogP contribution is 2.24. The standard InChI is InChI=1S/C16H22FNO3/c1-11-3-4-13(14(17)9-11)10-18(2)15(16(19)20)12-5-7-21-8-6-12/h3-4,9,12,15H,5-8,10H2,1-2H3,(H,19,20). The van der Waals surface area contributed by atoms with E-state index in [1.807, 2.05) is 13.0 Å². The van der Waals surface area contributed by atoms with Crippen molar-refractivity contribution in [1.29, 1.82) is 0 Å². The summed E-state index contributed by atoms with van der Waals surface area (Å²) in [6, 6.07) is 4.45. The Balaban J connectivity index is 2.10. The van der Waals surface area contributed by atoms with E-state index in [4.69, 9.17) is 4.74 Å². The zero-order valence-corrected chi connectivity index (χ0v) is 12.5. The summed E-state index contributed by atoms with van der Waals surface area (Å²) in [7, 11) is 1.74. The average Bonchev–Trinajstić information content (AvgIpc) is 2.43. The minimum atomic E-state index is -0.850. The second-order valence-electron chi connectivity index (χ2n) is 5.74. The summed E-state index contributed by atoms with van der Waals surface area (Å²) in [6.07, 6.45) is 1.47. The molecule has 1 aliphatic rings. The first-order valence-electron chi connectivity index (χ1n) is 7.25. The lowest BCUT2D eigenvalue weighted by molar-refractivity contribution is -0.146. The molecule has 5 heteroatoms. The number of carboxylic acid groups (broad SMARTS) is 1. The fraction of sp³-hybridized carbons (Fsp3) is 0.562. The molecule has 0 spiro atoms. The lowest BCUT2D eigenvalue weighted by atomic mass is 9.90. The second-order valence-corrected chi connectivity index (χ2v) is 5.74. The highest BCUT2D eigenvalue weighted by atomic mass is 19.1. The Kier molecular flexibility index (Phi) is 5.31. The smallest absolute Gasteiger partial charge is 0.321 e. The van der Waals surface area contributed by atoms with Crippen molar-refractivity contribution in [1.82, 2.24) is 4.90 Å². The Morgan fingerprint density at radius 1 is 1.48 bits per heavy atom. The molecule has 1 aromatic rings. The quantitative estimate of drug-likeness (QED) is 0.906. The third-order valence-electron chi connectivity index (χ3n) is 4.07. The van der Waals surface area contributed by atoms with E-state index in [9.17, 15) is 14.3 Å². The number of nitrogens with zero attached hydrogens (tertiary/aromatic N) is 1. The van der Waals surface area contributed by atoms with Crippen molar-refractivity contribution >= 4 is 5.97 Å². The van der Waals surface area contributed by atoms with Gasteiger partial charge < -0.3 is 9.84 Å². The monoisotopic (exact) mass is 295 g/mol. The summed E-state index contributed by atoms with van der Waals surface area (Å²) in [5, 5.41) is 9.51. The lowest BCUT2D eigenvalue weighted by Crippen LogP contribution is -2.45. The van der Waals surface area contributed by atoms with Gasteiger partial charge in [0.25, 0.3) is 0 Å². The maximum absolute atomic E-state index is 13.9.